The van der Waals surface area contributed by atoms with Gasteiger partial charge in [0.2, 0.25) is 0 Å². The Morgan fingerprint density at radius 3 is 2.24 bits per heavy atom. The first kappa shape index (κ1) is 16.5. The number of aromatic hydroxyl groups is 1. The van der Waals surface area contributed by atoms with Crippen molar-refractivity contribution >= 4 is 12.0 Å². The fraction of sp³-hybridized carbons (Fsp3) is 0.0455. The van der Waals surface area contributed by atoms with Crippen molar-refractivity contribution in [2.24, 2.45) is 0 Å². The van der Waals surface area contributed by atoms with Gasteiger partial charge >= 0.3 is 5.97 Å². The first-order chi connectivity index (χ1) is 12.2. The maximum absolute atomic E-state index is 12.3. The summed E-state index contributed by atoms with van der Waals surface area (Å²) in [4.78, 5) is 12.3. The van der Waals surface area contributed by atoms with Gasteiger partial charge in [-0.05, 0) is 47.9 Å². The maximum Gasteiger partial charge on any atom is 0.347 e. The lowest BCUT2D eigenvalue weighted by atomic mass is 10.1. The van der Waals surface area contributed by atoms with E-state index in [-0.39, 0.29) is 11.3 Å². The molecule has 3 heteroatoms. The van der Waals surface area contributed by atoms with Crippen molar-refractivity contribution in [3.63, 3.8) is 0 Å². The zero-order valence-electron chi connectivity index (χ0n) is 13.8. The summed E-state index contributed by atoms with van der Waals surface area (Å²) in [5, 5.41) is 10.0. The van der Waals surface area contributed by atoms with Gasteiger partial charge in [-0.15, -0.1) is 0 Å². The van der Waals surface area contributed by atoms with E-state index in [4.69, 9.17) is 4.74 Å². The average molecular weight is 330 g/mol. The second-order valence-corrected chi connectivity index (χ2v) is 5.56. The molecule has 0 heterocycles. The minimum Gasteiger partial charge on any atom is -0.507 e. The van der Waals surface area contributed by atoms with Crippen LogP contribution in [0.2, 0.25) is 0 Å². The molecule has 0 bridgehead atoms. The van der Waals surface area contributed by atoms with E-state index >= 15 is 0 Å². The summed E-state index contributed by atoms with van der Waals surface area (Å²) in [5.41, 5.74) is 3.10. The van der Waals surface area contributed by atoms with Crippen LogP contribution >= 0.6 is 0 Å². The van der Waals surface area contributed by atoms with Crippen molar-refractivity contribution in [1.29, 1.82) is 0 Å². The number of phenolic OH excluding ortho intramolecular Hbond substituents is 1. The lowest BCUT2D eigenvalue weighted by Gasteiger charge is -2.08. The van der Waals surface area contributed by atoms with E-state index < -0.39 is 5.97 Å². The van der Waals surface area contributed by atoms with Crippen LogP contribution in [0.15, 0.2) is 78.9 Å². The number of phenols is 1. The Bertz CT molecular complexity index is 894. The highest BCUT2D eigenvalue weighted by atomic mass is 16.5. The molecule has 0 unspecified atom stereocenters. The lowest BCUT2D eigenvalue weighted by molar-refractivity contribution is 0.0731. The summed E-state index contributed by atoms with van der Waals surface area (Å²) in [5.74, 6) is -0.250. The van der Waals surface area contributed by atoms with Gasteiger partial charge in [0.1, 0.15) is 17.1 Å². The number of hydrogen-bond donors (Lipinski definition) is 1. The van der Waals surface area contributed by atoms with Crippen molar-refractivity contribution in [3.8, 4) is 22.6 Å². The summed E-state index contributed by atoms with van der Waals surface area (Å²) in [6.45, 7) is 1.89. The SMILES string of the molecule is CC=Cc1ccc(C(=O)Oc2ccc(-c3ccccc3)cc2)c(O)c1. The predicted octanol–water partition coefficient (Wildman–Crippen LogP) is 5.31. The molecule has 3 nitrogen and oxygen atoms in total. The third-order valence-corrected chi connectivity index (χ3v) is 3.77. The molecule has 1 N–H and O–H groups in total. The fourth-order valence-electron chi connectivity index (χ4n) is 2.53. The van der Waals surface area contributed by atoms with Gasteiger partial charge in [0, 0.05) is 0 Å². The molecule has 3 rings (SSSR count). The molecule has 0 aliphatic rings. The molecule has 0 aliphatic carbocycles. The molecule has 124 valence electrons. The van der Waals surface area contributed by atoms with Gasteiger partial charge in [0.15, 0.2) is 0 Å². The third-order valence-electron chi connectivity index (χ3n) is 3.77. The highest BCUT2D eigenvalue weighted by molar-refractivity contribution is 5.94. The molecular weight excluding hydrogens is 312 g/mol. The number of hydrogen-bond acceptors (Lipinski definition) is 3. The van der Waals surface area contributed by atoms with Crippen LogP contribution in [0.25, 0.3) is 17.2 Å². The molecule has 0 amide bonds. The Morgan fingerprint density at radius 2 is 1.60 bits per heavy atom. The van der Waals surface area contributed by atoms with Crippen LogP contribution in [-0.2, 0) is 0 Å². The predicted molar refractivity (Wildman–Crippen MR) is 99.7 cm³/mol. The summed E-state index contributed by atoms with van der Waals surface area (Å²) < 4.78 is 5.36. The summed E-state index contributed by atoms with van der Waals surface area (Å²) in [7, 11) is 0. The van der Waals surface area contributed by atoms with E-state index in [1.54, 1.807) is 24.3 Å². The first-order valence-corrected chi connectivity index (χ1v) is 8.01. The lowest BCUT2D eigenvalue weighted by Crippen LogP contribution is -2.08. The summed E-state index contributed by atoms with van der Waals surface area (Å²) >= 11 is 0. The van der Waals surface area contributed by atoms with Crippen LogP contribution in [0.4, 0.5) is 0 Å². The van der Waals surface area contributed by atoms with E-state index in [0.717, 1.165) is 16.7 Å². The molecule has 3 aromatic rings. The zero-order chi connectivity index (χ0) is 17.6. The van der Waals surface area contributed by atoms with Crippen molar-refractivity contribution in [3.05, 3.63) is 90.0 Å². The highest BCUT2D eigenvalue weighted by Crippen LogP contribution is 2.25. The van der Waals surface area contributed by atoms with E-state index in [1.165, 1.54) is 6.07 Å². The highest BCUT2D eigenvalue weighted by Gasteiger charge is 2.14. The molecule has 0 aromatic heterocycles. The first-order valence-electron chi connectivity index (χ1n) is 8.01. The Labute approximate surface area is 146 Å². The zero-order valence-corrected chi connectivity index (χ0v) is 13.8. The fourth-order valence-corrected chi connectivity index (χ4v) is 2.53. The quantitative estimate of drug-likeness (QED) is 0.521. The number of carbonyl (C=O) groups is 1. The molecule has 0 aliphatic heterocycles. The molecule has 0 saturated heterocycles. The Hall–Kier alpha value is -3.33. The molecule has 0 fully saturated rings. The van der Waals surface area contributed by atoms with Crippen LogP contribution in [0.3, 0.4) is 0 Å². The molecule has 0 radical (unpaired) electrons. The van der Waals surface area contributed by atoms with Crippen LogP contribution in [0.1, 0.15) is 22.8 Å². The van der Waals surface area contributed by atoms with Gasteiger partial charge in [-0.1, -0.05) is 60.7 Å². The van der Waals surface area contributed by atoms with Gasteiger partial charge < -0.3 is 9.84 Å². The van der Waals surface area contributed by atoms with Crippen LogP contribution in [0.5, 0.6) is 11.5 Å². The van der Waals surface area contributed by atoms with Crippen molar-refractivity contribution < 1.29 is 14.6 Å². The smallest absolute Gasteiger partial charge is 0.347 e. The minimum absolute atomic E-state index is 0.0958. The van der Waals surface area contributed by atoms with Gasteiger partial charge in [0.25, 0.3) is 0 Å². The summed E-state index contributed by atoms with van der Waals surface area (Å²) in [6, 6.07) is 22.1. The van der Waals surface area contributed by atoms with Gasteiger partial charge in [0.05, 0.1) is 0 Å². The van der Waals surface area contributed by atoms with Crippen molar-refractivity contribution in [2.75, 3.05) is 0 Å². The number of ether oxygens (including phenoxy) is 1. The Morgan fingerprint density at radius 1 is 0.920 bits per heavy atom. The van der Waals surface area contributed by atoms with Gasteiger partial charge in [-0.25, -0.2) is 4.79 Å². The van der Waals surface area contributed by atoms with E-state index in [2.05, 4.69) is 0 Å². The molecule has 0 atom stereocenters. The van der Waals surface area contributed by atoms with Crippen LogP contribution in [0, 0.1) is 0 Å². The number of benzene rings is 3. The molecule has 0 spiro atoms. The van der Waals surface area contributed by atoms with E-state index in [0.29, 0.717) is 5.75 Å². The van der Waals surface area contributed by atoms with E-state index in [9.17, 15) is 9.90 Å². The number of allylic oxidation sites excluding steroid dienone is 1. The maximum atomic E-state index is 12.3. The normalized spacial score (nSPS) is 10.8. The molecule has 3 aromatic carbocycles. The topological polar surface area (TPSA) is 46.5 Å². The molecule has 25 heavy (non-hydrogen) atoms. The monoisotopic (exact) mass is 330 g/mol. The van der Waals surface area contributed by atoms with Crippen molar-refractivity contribution in [1.82, 2.24) is 0 Å². The van der Waals surface area contributed by atoms with Crippen LogP contribution in [-0.4, -0.2) is 11.1 Å². The second kappa shape index (κ2) is 7.49. The number of esters is 1. The van der Waals surface area contributed by atoms with Gasteiger partial charge in [-0.2, -0.15) is 0 Å². The standard InChI is InChI=1S/C22H18O3/c1-2-6-16-9-14-20(21(23)15-16)22(24)25-19-12-10-18(11-13-19)17-7-4-3-5-8-17/h2-15,23H,1H3. The van der Waals surface area contributed by atoms with E-state index in [1.807, 2.05) is 61.5 Å². The molecular formula is C22H18O3. The minimum atomic E-state index is -0.586. The molecule has 0 saturated carbocycles. The Kier molecular flexibility index (Phi) is 4.95. The third kappa shape index (κ3) is 3.96. The van der Waals surface area contributed by atoms with Crippen LogP contribution < -0.4 is 4.74 Å². The van der Waals surface area contributed by atoms with Crippen molar-refractivity contribution in [2.45, 2.75) is 6.92 Å². The largest absolute Gasteiger partial charge is 0.507 e. The average Bonchev–Trinajstić information content (AvgIpc) is 2.63. The summed E-state index contributed by atoms with van der Waals surface area (Å²) in [6.07, 6.45) is 3.71. The number of rotatable bonds is 4. The van der Waals surface area contributed by atoms with Gasteiger partial charge in [-0.3, -0.25) is 0 Å². The number of carbonyl (C=O) groups excluding carboxylic acids is 1. The second-order valence-electron chi connectivity index (χ2n) is 5.56. The Balaban J connectivity index is 1.75.